The van der Waals surface area contributed by atoms with Gasteiger partial charge in [-0.1, -0.05) is 23.7 Å². The maximum absolute atomic E-state index is 11.2. The molecule has 2 rings (SSSR count). The van der Waals surface area contributed by atoms with Crippen LogP contribution in [-0.4, -0.2) is 17.8 Å². The zero-order valence-electron chi connectivity index (χ0n) is 11.8. The summed E-state index contributed by atoms with van der Waals surface area (Å²) in [4.78, 5) is 17.7. The van der Waals surface area contributed by atoms with Crippen molar-refractivity contribution < 1.29 is 4.79 Å². The Morgan fingerprint density at radius 2 is 1.85 bits per heavy atom. The SMILES string of the molecule is CC(=O)c1ccc(N(C)C(C)c2ccc(Cl)cc2)nc1. The Bertz CT molecular complexity index is 593. The van der Waals surface area contributed by atoms with E-state index in [9.17, 15) is 4.79 Å². The normalized spacial score (nSPS) is 12.0. The first-order valence-corrected chi connectivity index (χ1v) is 6.82. The van der Waals surface area contributed by atoms with Gasteiger partial charge in [-0.05, 0) is 43.7 Å². The predicted molar refractivity (Wildman–Crippen MR) is 82.5 cm³/mol. The van der Waals surface area contributed by atoms with Crippen LogP contribution in [0.2, 0.25) is 5.02 Å². The highest BCUT2D eigenvalue weighted by molar-refractivity contribution is 6.30. The minimum atomic E-state index is 0.0254. The summed E-state index contributed by atoms with van der Waals surface area (Å²) in [6, 6.07) is 11.6. The largest absolute Gasteiger partial charge is 0.353 e. The van der Waals surface area contributed by atoms with Crippen LogP contribution >= 0.6 is 11.6 Å². The number of halogens is 1. The molecule has 1 unspecified atom stereocenters. The van der Waals surface area contributed by atoms with E-state index in [1.54, 1.807) is 12.3 Å². The van der Waals surface area contributed by atoms with Crippen molar-refractivity contribution in [3.8, 4) is 0 Å². The van der Waals surface area contributed by atoms with Crippen molar-refractivity contribution in [2.75, 3.05) is 11.9 Å². The van der Waals surface area contributed by atoms with E-state index < -0.39 is 0 Å². The summed E-state index contributed by atoms with van der Waals surface area (Å²) in [6.07, 6.45) is 1.61. The van der Waals surface area contributed by atoms with E-state index in [4.69, 9.17) is 11.6 Å². The van der Waals surface area contributed by atoms with E-state index in [0.717, 1.165) is 16.4 Å². The maximum atomic E-state index is 11.2. The summed E-state index contributed by atoms with van der Waals surface area (Å²) in [5.74, 6) is 0.856. The average Bonchev–Trinajstić information content (AvgIpc) is 2.46. The Hall–Kier alpha value is -1.87. The Morgan fingerprint density at radius 1 is 1.20 bits per heavy atom. The van der Waals surface area contributed by atoms with Crippen molar-refractivity contribution >= 4 is 23.2 Å². The number of carbonyl (C=O) groups excluding carboxylic acids is 1. The first-order chi connectivity index (χ1) is 9.49. The Labute approximate surface area is 124 Å². The van der Waals surface area contributed by atoms with Crippen LogP contribution in [0.25, 0.3) is 0 Å². The lowest BCUT2D eigenvalue weighted by atomic mass is 10.1. The lowest BCUT2D eigenvalue weighted by Gasteiger charge is -2.26. The molecule has 1 heterocycles. The fraction of sp³-hybridized carbons (Fsp3) is 0.250. The lowest BCUT2D eigenvalue weighted by molar-refractivity contribution is 0.101. The molecule has 0 spiro atoms. The van der Waals surface area contributed by atoms with Crippen LogP contribution in [0.5, 0.6) is 0 Å². The zero-order valence-corrected chi connectivity index (χ0v) is 12.6. The molecule has 4 heteroatoms. The number of nitrogens with zero attached hydrogens (tertiary/aromatic N) is 2. The topological polar surface area (TPSA) is 33.2 Å². The molecule has 0 aliphatic rings. The number of benzene rings is 1. The number of hydrogen-bond acceptors (Lipinski definition) is 3. The first kappa shape index (κ1) is 14.5. The lowest BCUT2D eigenvalue weighted by Crippen LogP contribution is -2.22. The second-order valence-electron chi connectivity index (χ2n) is 4.80. The van der Waals surface area contributed by atoms with Gasteiger partial charge in [-0.2, -0.15) is 0 Å². The summed E-state index contributed by atoms with van der Waals surface area (Å²) in [7, 11) is 1.98. The summed E-state index contributed by atoms with van der Waals surface area (Å²) >= 11 is 5.90. The number of ketones is 1. The highest BCUT2D eigenvalue weighted by atomic mass is 35.5. The van der Waals surface area contributed by atoms with Crippen LogP contribution in [0.4, 0.5) is 5.82 Å². The zero-order chi connectivity index (χ0) is 14.7. The molecule has 0 aliphatic heterocycles. The van der Waals surface area contributed by atoms with Crippen LogP contribution in [0.3, 0.4) is 0 Å². The van der Waals surface area contributed by atoms with Gasteiger partial charge in [-0.15, -0.1) is 0 Å². The highest BCUT2D eigenvalue weighted by Gasteiger charge is 2.13. The molecule has 0 saturated heterocycles. The molecular weight excluding hydrogens is 272 g/mol. The number of Topliss-reactive ketones (excluding diaryl/α,β-unsaturated/α-hetero) is 1. The summed E-state index contributed by atoms with van der Waals surface area (Å²) in [5, 5.41) is 0.729. The standard InChI is InChI=1S/C16H17ClN2O/c1-11(13-4-7-15(17)8-5-13)19(3)16-9-6-14(10-18-16)12(2)20/h4-11H,1-3H3. The number of carbonyl (C=O) groups is 1. The molecule has 0 saturated carbocycles. The van der Waals surface area contributed by atoms with Crippen molar-refractivity contribution in [1.82, 2.24) is 4.98 Å². The first-order valence-electron chi connectivity index (χ1n) is 6.44. The molecule has 2 aromatic rings. The molecule has 20 heavy (non-hydrogen) atoms. The van der Waals surface area contributed by atoms with Crippen molar-refractivity contribution in [2.24, 2.45) is 0 Å². The van der Waals surface area contributed by atoms with Crippen LogP contribution in [-0.2, 0) is 0 Å². The summed E-state index contributed by atoms with van der Waals surface area (Å²) in [5.41, 5.74) is 1.79. The van der Waals surface area contributed by atoms with Crippen molar-refractivity contribution in [1.29, 1.82) is 0 Å². The number of hydrogen-bond donors (Lipinski definition) is 0. The minimum Gasteiger partial charge on any atom is -0.353 e. The predicted octanol–water partition coefficient (Wildman–Crippen LogP) is 4.14. The molecule has 0 radical (unpaired) electrons. The van der Waals surface area contributed by atoms with Crippen LogP contribution < -0.4 is 4.90 Å². The second-order valence-corrected chi connectivity index (χ2v) is 5.24. The van der Waals surface area contributed by atoms with Gasteiger partial charge in [0.1, 0.15) is 5.82 Å². The Morgan fingerprint density at radius 3 is 2.35 bits per heavy atom. The molecular formula is C16H17ClN2O. The fourth-order valence-corrected chi connectivity index (χ4v) is 2.09. The molecule has 0 aliphatic carbocycles. The average molecular weight is 289 g/mol. The molecule has 3 nitrogen and oxygen atoms in total. The summed E-state index contributed by atoms with van der Waals surface area (Å²) in [6.45, 7) is 3.64. The van der Waals surface area contributed by atoms with E-state index in [1.807, 2.05) is 37.4 Å². The van der Waals surface area contributed by atoms with Gasteiger partial charge in [0.05, 0.1) is 6.04 Å². The number of aromatic nitrogens is 1. The van der Waals surface area contributed by atoms with E-state index in [2.05, 4.69) is 16.8 Å². The van der Waals surface area contributed by atoms with Gasteiger partial charge in [0.15, 0.2) is 5.78 Å². The number of pyridine rings is 1. The molecule has 0 fully saturated rings. The summed E-state index contributed by atoms with van der Waals surface area (Å²) < 4.78 is 0. The molecule has 1 atom stereocenters. The quantitative estimate of drug-likeness (QED) is 0.793. The Kier molecular flexibility index (Phi) is 4.40. The van der Waals surface area contributed by atoms with Crippen LogP contribution in [0.15, 0.2) is 42.6 Å². The van der Waals surface area contributed by atoms with E-state index in [1.165, 1.54) is 6.92 Å². The second kappa shape index (κ2) is 6.06. The van der Waals surface area contributed by atoms with Crippen molar-refractivity contribution in [3.05, 3.63) is 58.7 Å². The fourth-order valence-electron chi connectivity index (χ4n) is 1.97. The van der Waals surface area contributed by atoms with E-state index >= 15 is 0 Å². The van der Waals surface area contributed by atoms with Gasteiger partial charge in [0.2, 0.25) is 0 Å². The van der Waals surface area contributed by atoms with Gasteiger partial charge in [-0.25, -0.2) is 4.98 Å². The van der Waals surface area contributed by atoms with Gasteiger partial charge in [-0.3, -0.25) is 4.79 Å². The monoisotopic (exact) mass is 288 g/mol. The molecule has 0 N–H and O–H groups in total. The smallest absolute Gasteiger partial charge is 0.161 e. The number of anilines is 1. The Balaban J connectivity index is 2.19. The maximum Gasteiger partial charge on any atom is 0.161 e. The third-order valence-corrected chi connectivity index (χ3v) is 3.70. The molecule has 0 amide bonds. The van der Waals surface area contributed by atoms with Crippen LogP contribution in [0, 0.1) is 0 Å². The number of rotatable bonds is 4. The highest BCUT2D eigenvalue weighted by Crippen LogP contribution is 2.24. The third-order valence-electron chi connectivity index (χ3n) is 3.45. The molecule has 104 valence electrons. The molecule has 1 aromatic carbocycles. The minimum absolute atomic E-state index is 0.0254. The molecule has 0 bridgehead atoms. The van der Waals surface area contributed by atoms with E-state index in [0.29, 0.717) is 5.56 Å². The van der Waals surface area contributed by atoms with E-state index in [-0.39, 0.29) is 11.8 Å². The van der Waals surface area contributed by atoms with Gasteiger partial charge >= 0.3 is 0 Å². The molecule has 1 aromatic heterocycles. The van der Waals surface area contributed by atoms with Crippen LogP contribution in [0.1, 0.15) is 35.8 Å². The van der Waals surface area contributed by atoms with Gasteiger partial charge < -0.3 is 4.90 Å². The van der Waals surface area contributed by atoms with Gasteiger partial charge in [0, 0.05) is 23.8 Å². The third kappa shape index (κ3) is 3.17. The van der Waals surface area contributed by atoms with Crippen molar-refractivity contribution in [3.63, 3.8) is 0 Å². The van der Waals surface area contributed by atoms with Gasteiger partial charge in [0.25, 0.3) is 0 Å². The van der Waals surface area contributed by atoms with Crippen molar-refractivity contribution in [2.45, 2.75) is 19.9 Å².